The van der Waals surface area contributed by atoms with Crippen LogP contribution in [0.25, 0.3) is 0 Å². The minimum atomic E-state index is -0.183. The van der Waals surface area contributed by atoms with Crippen LogP contribution in [-0.4, -0.2) is 36.2 Å². The minimum Gasteiger partial charge on any atom is -0.507 e. The molecule has 4 nitrogen and oxygen atoms in total. The number of aryl methyl sites for hydroxylation is 1. The van der Waals surface area contributed by atoms with Crippen molar-refractivity contribution in [3.63, 3.8) is 0 Å². The van der Waals surface area contributed by atoms with Crippen LogP contribution in [0, 0.1) is 12.8 Å². The molecule has 0 radical (unpaired) electrons. The maximum Gasteiger partial charge on any atom is 0.196 e. The van der Waals surface area contributed by atoms with Crippen molar-refractivity contribution >= 4 is 5.84 Å². The van der Waals surface area contributed by atoms with E-state index in [4.69, 9.17) is 4.74 Å². The molecule has 1 aliphatic carbocycles. The number of quaternary nitrogens is 1. The lowest BCUT2D eigenvalue weighted by Gasteiger charge is -2.46. The van der Waals surface area contributed by atoms with Crippen molar-refractivity contribution in [1.82, 2.24) is 0 Å². The Morgan fingerprint density at radius 1 is 1.15 bits per heavy atom. The zero-order chi connectivity index (χ0) is 23.6. The predicted molar refractivity (Wildman–Crippen MR) is 137 cm³/mol. The van der Waals surface area contributed by atoms with Gasteiger partial charge >= 0.3 is 0 Å². The summed E-state index contributed by atoms with van der Waals surface area (Å²) in [5.41, 5.74) is 4.56. The third-order valence-electron chi connectivity index (χ3n) is 8.30. The molecule has 0 amide bonds. The number of aromatic hydroxyl groups is 1. The molecule has 0 bridgehead atoms. The van der Waals surface area contributed by atoms with E-state index >= 15 is 0 Å². The molecule has 0 aromatic heterocycles. The van der Waals surface area contributed by atoms with E-state index in [1.165, 1.54) is 68.6 Å². The number of phenolic OH excluding ortho intramolecular Hbond substituents is 1. The maximum atomic E-state index is 11.0. The minimum absolute atomic E-state index is 0.183. The fourth-order valence-corrected chi connectivity index (χ4v) is 6.30. The molecule has 1 saturated heterocycles. The van der Waals surface area contributed by atoms with Gasteiger partial charge in [0, 0.05) is 43.2 Å². The summed E-state index contributed by atoms with van der Waals surface area (Å²) in [5.74, 6) is 3.55. The van der Waals surface area contributed by atoms with Gasteiger partial charge in [0.15, 0.2) is 5.84 Å². The lowest BCUT2D eigenvalue weighted by molar-refractivity contribution is -0.800. The Morgan fingerprint density at radius 3 is 2.70 bits per heavy atom. The van der Waals surface area contributed by atoms with E-state index in [1.807, 2.05) is 0 Å². The highest BCUT2D eigenvalue weighted by atomic mass is 16.5. The second kappa shape index (κ2) is 10.2. The Balaban J connectivity index is 0.000000238. The number of nitrogens with zero attached hydrogens (tertiary/aromatic N) is 1. The van der Waals surface area contributed by atoms with E-state index in [9.17, 15) is 5.11 Å². The molecule has 0 saturated carbocycles. The van der Waals surface area contributed by atoms with Gasteiger partial charge in [-0.05, 0) is 70.6 Å². The Hall–Kier alpha value is -1.81. The molecule has 1 fully saturated rings. The second-order valence-corrected chi connectivity index (χ2v) is 11.2. The number of amidine groups is 1. The zero-order valence-electron chi connectivity index (χ0n) is 21.6. The highest BCUT2D eigenvalue weighted by Gasteiger charge is 2.45. The molecule has 3 aliphatic heterocycles. The van der Waals surface area contributed by atoms with Gasteiger partial charge in [-0.2, -0.15) is 0 Å². The van der Waals surface area contributed by atoms with Crippen molar-refractivity contribution < 1.29 is 14.7 Å². The lowest BCUT2D eigenvalue weighted by Crippen LogP contribution is -3.13. The Labute approximate surface area is 201 Å². The van der Waals surface area contributed by atoms with Crippen LogP contribution in [0.5, 0.6) is 11.5 Å². The number of rotatable bonds is 4. The monoisotopic (exact) mass is 453 g/mol. The molecule has 182 valence electrons. The molecule has 4 aliphatic rings. The molecule has 1 aromatic rings. The topological polar surface area (TPSA) is 46.3 Å². The van der Waals surface area contributed by atoms with Crippen LogP contribution >= 0.6 is 0 Å². The van der Waals surface area contributed by atoms with Gasteiger partial charge in [0.25, 0.3) is 0 Å². The number of benzene rings is 1. The van der Waals surface area contributed by atoms with E-state index in [0.717, 1.165) is 42.7 Å². The van der Waals surface area contributed by atoms with Gasteiger partial charge in [0.05, 0.1) is 13.1 Å². The highest BCUT2D eigenvalue weighted by Crippen LogP contribution is 2.54. The van der Waals surface area contributed by atoms with Crippen molar-refractivity contribution in [2.24, 2.45) is 10.9 Å². The lowest BCUT2D eigenvalue weighted by atomic mass is 9.67. The normalized spacial score (nSPS) is 27.1. The first-order valence-corrected chi connectivity index (χ1v) is 13.4. The fourth-order valence-electron chi connectivity index (χ4n) is 6.30. The van der Waals surface area contributed by atoms with Gasteiger partial charge in [-0.25, -0.2) is 4.99 Å². The van der Waals surface area contributed by atoms with Crippen LogP contribution in [0.4, 0.5) is 0 Å². The highest BCUT2D eigenvalue weighted by molar-refractivity contribution is 5.75. The molecule has 33 heavy (non-hydrogen) atoms. The predicted octanol–water partition coefficient (Wildman–Crippen LogP) is 5.51. The molecular weight excluding hydrogens is 408 g/mol. The molecular formula is C29H45N2O2+. The summed E-state index contributed by atoms with van der Waals surface area (Å²) in [6.07, 6.45) is 13.2. The van der Waals surface area contributed by atoms with Crippen molar-refractivity contribution in [3.05, 3.63) is 34.4 Å². The molecule has 4 heteroatoms. The molecule has 3 atom stereocenters. The summed E-state index contributed by atoms with van der Waals surface area (Å²) in [5, 5.41) is 11.0. The molecule has 5 rings (SSSR count). The summed E-state index contributed by atoms with van der Waals surface area (Å²) in [7, 11) is 0. The fraction of sp³-hybridized carbons (Fsp3) is 0.690. The Morgan fingerprint density at radius 2 is 1.94 bits per heavy atom. The quantitative estimate of drug-likeness (QED) is 0.466. The average Bonchev–Trinajstić information content (AvgIpc) is 3.26. The van der Waals surface area contributed by atoms with Crippen molar-refractivity contribution in [1.29, 1.82) is 0 Å². The molecule has 0 spiro atoms. The molecule has 1 aromatic carbocycles. The summed E-state index contributed by atoms with van der Waals surface area (Å²) in [6, 6.07) is 2.20. The zero-order valence-corrected chi connectivity index (χ0v) is 21.6. The van der Waals surface area contributed by atoms with Crippen LogP contribution in [0.1, 0.15) is 102 Å². The maximum absolute atomic E-state index is 11.0. The third kappa shape index (κ3) is 5.16. The van der Waals surface area contributed by atoms with Gasteiger partial charge in [-0.3, -0.25) is 4.90 Å². The van der Waals surface area contributed by atoms with E-state index in [-0.39, 0.29) is 11.5 Å². The van der Waals surface area contributed by atoms with Gasteiger partial charge in [-0.1, -0.05) is 31.4 Å². The van der Waals surface area contributed by atoms with E-state index in [2.05, 4.69) is 51.8 Å². The van der Waals surface area contributed by atoms with Crippen LogP contribution in [0.2, 0.25) is 0 Å². The molecule has 3 heterocycles. The molecule has 1 unspecified atom stereocenters. The first kappa shape index (κ1) is 24.3. The Kier molecular flexibility index (Phi) is 7.53. The molecule has 2 N–H and O–H groups in total. The number of hydrogen-bond donors (Lipinski definition) is 2. The largest absolute Gasteiger partial charge is 0.507 e. The summed E-state index contributed by atoms with van der Waals surface area (Å²) in [6.45, 7) is 14.7. The van der Waals surface area contributed by atoms with Gasteiger partial charge in [0.1, 0.15) is 17.1 Å². The standard InChI is InChI=1S/C22H32O2.C7H12N2/c1-6-7-8-9-16-13-19-20(21(23)15(16)3)17-12-14(2)10-11-18(17)22(4,5)24-19;1-3-7-8-4-2-6-9(7)5-1/h12-13,17-18,23H,6-11H2,1-5H3;1-6H2/p+1/t17-,18-;/m1./s1. The smallest absolute Gasteiger partial charge is 0.196 e. The first-order valence-electron chi connectivity index (χ1n) is 13.4. The van der Waals surface area contributed by atoms with Crippen molar-refractivity contribution in [2.45, 2.75) is 104 Å². The third-order valence-corrected chi connectivity index (χ3v) is 8.30. The number of unbranched alkanes of at least 4 members (excludes halogenated alkanes) is 2. The van der Waals surface area contributed by atoms with Crippen molar-refractivity contribution in [3.8, 4) is 11.5 Å². The SMILES string of the molecule is C1CN=C2CCC[NH+]2C1.CCCCCc1cc2c(c(O)c1C)[C@@H]1C=C(C)CC[C@H]1C(C)(C)O2. The van der Waals surface area contributed by atoms with Gasteiger partial charge in [0.2, 0.25) is 0 Å². The van der Waals surface area contributed by atoms with Crippen LogP contribution in [-0.2, 0) is 6.42 Å². The number of nitrogens with one attached hydrogen (secondary N) is 1. The van der Waals surface area contributed by atoms with E-state index in [1.54, 1.807) is 4.90 Å². The summed E-state index contributed by atoms with van der Waals surface area (Å²) >= 11 is 0. The van der Waals surface area contributed by atoms with Gasteiger partial charge < -0.3 is 9.84 Å². The second-order valence-electron chi connectivity index (χ2n) is 11.2. The number of phenols is 1. The number of fused-ring (bicyclic) bond motifs is 4. The summed E-state index contributed by atoms with van der Waals surface area (Å²) < 4.78 is 6.42. The number of allylic oxidation sites excluding steroid dienone is 2. The number of aliphatic imine (C=N–C) groups is 1. The van der Waals surface area contributed by atoms with Crippen LogP contribution < -0.4 is 9.64 Å². The van der Waals surface area contributed by atoms with E-state index < -0.39 is 0 Å². The average molecular weight is 454 g/mol. The first-order chi connectivity index (χ1) is 15.8. The number of hydrogen-bond acceptors (Lipinski definition) is 3. The van der Waals surface area contributed by atoms with Crippen molar-refractivity contribution in [2.75, 3.05) is 19.6 Å². The summed E-state index contributed by atoms with van der Waals surface area (Å²) in [4.78, 5) is 6.14. The Bertz CT molecular complexity index is 915. The number of ether oxygens (including phenoxy) is 1. The van der Waals surface area contributed by atoms with E-state index in [0.29, 0.717) is 11.7 Å². The van der Waals surface area contributed by atoms with Gasteiger partial charge in [-0.15, -0.1) is 0 Å². The van der Waals surface area contributed by atoms with Crippen LogP contribution in [0.15, 0.2) is 22.7 Å². The van der Waals surface area contributed by atoms with Crippen LogP contribution in [0.3, 0.4) is 0 Å².